The van der Waals surface area contributed by atoms with Gasteiger partial charge in [0.15, 0.2) is 5.69 Å². The summed E-state index contributed by atoms with van der Waals surface area (Å²) in [6.45, 7) is 3.55. The highest BCUT2D eigenvalue weighted by molar-refractivity contribution is 7.99. The highest BCUT2D eigenvalue weighted by Crippen LogP contribution is 2.34. The highest BCUT2D eigenvalue weighted by Gasteiger charge is 2.35. The quantitative estimate of drug-likeness (QED) is 0.638. The topological polar surface area (TPSA) is 43.6 Å². The van der Waals surface area contributed by atoms with Crippen LogP contribution in [-0.2, 0) is 10.9 Å². The van der Waals surface area contributed by atoms with Crippen LogP contribution in [0, 0.1) is 0 Å². The Labute approximate surface area is 123 Å². The number of imidazole rings is 1. The largest absolute Gasteiger partial charge is 0.461 e. The first-order valence-electron chi connectivity index (χ1n) is 6.28. The van der Waals surface area contributed by atoms with Crippen molar-refractivity contribution in [3.8, 4) is 0 Å². The van der Waals surface area contributed by atoms with Crippen molar-refractivity contribution in [3.63, 3.8) is 0 Å². The van der Waals surface area contributed by atoms with E-state index in [0.29, 0.717) is 5.75 Å². The van der Waals surface area contributed by atoms with Gasteiger partial charge in [0, 0.05) is 0 Å². The van der Waals surface area contributed by atoms with Crippen LogP contribution in [0.3, 0.4) is 0 Å². The SMILES string of the molecule is CCOC(=O)c1nc2cccc(C(F)(F)F)n2c1SCC. The van der Waals surface area contributed by atoms with Crippen molar-refractivity contribution in [1.82, 2.24) is 9.38 Å². The number of aromatic nitrogens is 2. The molecule has 2 rings (SSSR count). The molecule has 0 unspecified atom stereocenters. The third-order valence-corrected chi connectivity index (χ3v) is 3.58. The molecule has 0 N–H and O–H groups in total. The smallest absolute Gasteiger partial charge is 0.431 e. The third kappa shape index (κ3) is 2.99. The Morgan fingerprint density at radius 1 is 1.38 bits per heavy atom. The minimum atomic E-state index is -4.53. The number of ether oxygens (including phenoxy) is 1. The van der Waals surface area contributed by atoms with Crippen molar-refractivity contribution in [2.75, 3.05) is 12.4 Å². The van der Waals surface area contributed by atoms with E-state index in [9.17, 15) is 18.0 Å². The molecule has 0 atom stereocenters. The second kappa shape index (κ2) is 5.97. The van der Waals surface area contributed by atoms with Gasteiger partial charge in [-0.1, -0.05) is 13.0 Å². The van der Waals surface area contributed by atoms with E-state index in [0.717, 1.165) is 22.2 Å². The molecule has 2 heterocycles. The number of hydrogen-bond donors (Lipinski definition) is 0. The number of halogens is 3. The van der Waals surface area contributed by atoms with E-state index in [1.165, 1.54) is 12.1 Å². The normalized spacial score (nSPS) is 11.9. The fourth-order valence-corrected chi connectivity index (χ4v) is 2.75. The maximum atomic E-state index is 13.1. The number of carbonyl (C=O) groups is 1. The molecule has 0 radical (unpaired) electrons. The first-order chi connectivity index (χ1) is 9.90. The molecular formula is C13H13F3N2O2S. The summed E-state index contributed by atoms with van der Waals surface area (Å²) in [5.74, 6) is -0.211. The number of fused-ring (bicyclic) bond motifs is 1. The number of hydrogen-bond acceptors (Lipinski definition) is 4. The summed E-state index contributed by atoms with van der Waals surface area (Å²) in [6, 6.07) is 3.65. The lowest BCUT2D eigenvalue weighted by Gasteiger charge is -2.11. The lowest BCUT2D eigenvalue weighted by molar-refractivity contribution is -0.142. The molecule has 114 valence electrons. The average Bonchev–Trinajstić information content (AvgIpc) is 2.77. The van der Waals surface area contributed by atoms with Gasteiger partial charge in [0.1, 0.15) is 16.4 Å². The predicted octanol–water partition coefficient (Wildman–Crippen LogP) is 3.64. The summed E-state index contributed by atoms with van der Waals surface area (Å²) >= 11 is 1.12. The Morgan fingerprint density at radius 2 is 2.10 bits per heavy atom. The lowest BCUT2D eigenvalue weighted by atomic mass is 10.3. The van der Waals surface area contributed by atoms with Gasteiger partial charge < -0.3 is 4.74 Å². The Kier molecular flexibility index (Phi) is 4.46. The summed E-state index contributed by atoms with van der Waals surface area (Å²) in [5.41, 5.74) is -0.872. The van der Waals surface area contributed by atoms with Crippen LogP contribution in [0.4, 0.5) is 13.2 Å². The second-order valence-corrected chi connectivity index (χ2v) is 5.27. The minimum absolute atomic E-state index is 0.0730. The maximum Gasteiger partial charge on any atom is 0.431 e. The summed E-state index contributed by atoms with van der Waals surface area (Å²) in [7, 11) is 0. The van der Waals surface area contributed by atoms with Crippen molar-refractivity contribution < 1.29 is 22.7 Å². The Morgan fingerprint density at radius 3 is 2.67 bits per heavy atom. The standard InChI is InChI=1S/C13H13F3N2O2S/c1-3-20-12(19)10-11(21-4-2)18-8(13(14,15)16)6-5-7-9(18)17-10/h5-7H,3-4H2,1-2H3. The first-order valence-corrected chi connectivity index (χ1v) is 7.27. The van der Waals surface area contributed by atoms with Gasteiger partial charge in [-0.2, -0.15) is 13.2 Å². The summed E-state index contributed by atoms with van der Waals surface area (Å²) in [4.78, 5) is 15.9. The van der Waals surface area contributed by atoms with Crippen LogP contribution < -0.4 is 0 Å². The van der Waals surface area contributed by atoms with Gasteiger partial charge in [0.2, 0.25) is 0 Å². The molecule has 0 spiro atoms. The zero-order valence-electron chi connectivity index (χ0n) is 11.4. The Bertz CT molecular complexity index is 667. The van der Waals surface area contributed by atoms with Crippen LogP contribution in [0.2, 0.25) is 0 Å². The molecule has 0 aliphatic rings. The van der Waals surface area contributed by atoms with Crippen molar-refractivity contribution in [2.45, 2.75) is 25.0 Å². The Balaban J connectivity index is 2.72. The Hall–Kier alpha value is -1.70. The fraction of sp³-hybridized carbons (Fsp3) is 0.385. The number of carbonyl (C=O) groups excluding carboxylic acids is 1. The van der Waals surface area contributed by atoms with E-state index >= 15 is 0 Å². The number of rotatable bonds is 4. The maximum absolute atomic E-state index is 13.1. The second-order valence-electron chi connectivity index (χ2n) is 4.02. The monoisotopic (exact) mass is 318 g/mol. The molecule has 21 heavy (non-hydrogen) atoms. The van der Waals surface area contributed by atoms with Gasteiger partial charge in [0.25, 0.3) is 0 Å². The predicted molar refractivity (Wildman–Crippen MR) is 72.5 cm³/mol. The molecular weight excluding hydrogens is 305 g/mol. The van der Waals surface area contributed by atoms with E-state index in [-0.39, 0.29) is 23.0 Å². The van der Waals surface area contributed by atoms with Crippen LogP contribution in [0.5, 0.6) is 0 Å². The van der Waals surface area contributed by atoms with Crippen molar-refractivity contribution >= 4 is 23.4 Å². The molecule has 0 amide bonds. The number of thioether (sulfide) groups is 1. The van der Waals surface area contributed by atoms with Crippen molar-refractivity contribution in [3.05, 3.63) is 29.6 Å². The molecule has 0 aliphatic carbocycles. The molecule has 0 saturated heterocycles. The van der Waals surface area contributed by atoms with Gasteiger partial charge in [-0.3, -0.25) is 4.40 Å². The average molecular weight is 318 g/mol. The van der Waals surface area contributed by atoms with Gasteiger partial charge in [-0.25, -0.2) is 9.78 Å². The van der Waals surface area contributed by atoms with Crippen molar-refractivity contribution in [2.24, 2.45) is 0 Å². The minimum Gasteiger partial charge on any atom is -0.461 e. The van der Waals surface area contributed by atoms with Crippen molar-refractivity contribution in [1.29, 1.82) is 0 Å². The molecule has 2 aromatic heterocycles. The highest BCUT2D eigenvalue weighted by atomic mass is 32.2. The van der Waals surface area contributed by atoms with E-state index in [1.54, 1.807) is 13.8 Å². The third-order valence-electron chi connectivity index (χ3n) is 2.64. The number of pyridine rings is 1. The van der Waals surface area contributed by atoms with E-state index in [1.807, 2.05) is 0 Å². The number of alkyl halides is 3. The summed E-state index contributed by atoms with van der Waals surface area (Å²) in [5, 5.41) is 0.152. The number of esters is 1. The zero-order valence-corrected chi connectivity index (χ0v) is 12.2. The number of nitrogens with zero attached hydrogens (tertiary/aromatic N) is 2. The first kappa shape index (κ1) is 15.7. The van der Waals surface area contributed by atoms with E-state index in [2.05, 4.69) is 4.98 Å². The van der Waals surface area contributed by atoms with Crippen LogP contribution in [0.15, 0.2) is 23.2 Å². The van der Waals surface area contributed by atoms with Crippen LogP contribution in [-0.4, -0.2) is 27.7 Å². The molecule has 0 saturated carbocycles. The molecule has 2 aromatic rings. The van der Waals surface area contributed by atoms with Crippen LogP contribution in [0.25, 0.3) is 5.65 Å². The molecule has 8 heteroatoms. The lowest BCUT2D eigenvalue weighted by Crippen LogP contribution is -2.12. The molecule has 0 aliphatic heterocycles. The van der Waals surface area contributed by atoms with Gasteiger partial charge >= 0.3 is 12.1 Å². The van der Waals surface area contributed by atoms with Crippen LogP contribution in [0.1, 0.15) is 30.0 Å². The van der Waals surface area contributed by atoms with Gasteiger partial charge in [-0.15, -0.1) is 11.8 Å². The summed E-state index contributed by atoms with van der Waals surface area (Å²) in [6.07, 6.45) is -4.53. The molecule has 4 nitrogen and oxygen atoms in total. The van der Waals surface area contributed by atoms with Gasteiger partial charge in [-0.05, 0) is 24.8 Å². The van der Waals surface area contributed by atoms with Gasteiger partial charge in [0.05, 0.1) is 6.61 Å². The van der Waals surface area contributed by atoms with Crippen LogP contribution >= 0.6 is 11.8 Å². The summed E-state index contributed by atoms with van der Waals surface area (Å²) < 4.78 is 45.2. The van der Waals surface area contributed by atoms with E-state index < -0.39 is 17.8 Å². The fourth-order valence-electron chi connectivity index (χ4n) is 1.89. The molecule has 0 bridgehead atoms. The molecule has 0 fully saturated rings. The molecule has 0 aromatic carbocycles. The van der Waals surface area contributed by atoms with E-state index in [4.69, 9.17) is 4.74 Å². The zero-order chi connectivity index (χ0) is 15.6.